The van der Waals surface area contributed by atoms with Gasteiger partial charge in [-0.15, -0.1) is 10.2 Å². The number of fused-ring (bicyclic) bond motifs is 1. The molecule has 0 saturated heterocycles. The summed E-state index contributed by atoms with van der Waals surface area (Å²) in [5.41, 5.74) is 0.776. The lowest BCUT2D eigenvalue weighted by atomic mass is 10.2. The standard InChI is InChI=1S/C12H8ClFN4O/c1-19-7-2-3-8(9(14)6-7)12-16-15-11-5-4-10(13)17-18(11)12/h2-6H,1H3. The van der Waals surface area contributed by atoms with E-state index >= 15 is 0 Å². The molecular weight excluding hydrogens is 271 g/mol. The minimum Gasteiger partial charge on any atom is -0.497 e. The van der Waals surface area contributed by atoms with E-state index in [0.29, 0.717) is 11.4 Å². The molecule has 5 nitrogen and oxygen atoms in total. The van der Waals surface area contributed by atoms with Gasteiger partial charge in [-0.3, -0.25) is 0 Å². The Balaban J connectivity index is 2.21. The van der Waals surface area contributed by atoms with Crippen LogP contribution in [-0.2, 0) is 0 Å². The number of rotatable bonds is 2. The van der Waals surface area contributed by atoms with E-state index in [1.807, 2.05) is 0 Å². The zero-order valence-electron chi connectivity index (χ0n) is 9.84. The van der Waals surface area contributed by atoms with Gasteiger partial charge in [0.05, 0.1) is 12.7 Å². The van der Waals surface area contributed by atoms with Gasteiger partial charge in [-0.1, -0.05) is 11.6 Å². The van der Waals surface area contributed by atoms with Crippen LogP contribution in [0.15, 0.2) is 30.3 Å². The summed E-state index contributed by atoms with van der Waals surface area (Å²) in [6.07, 6.45) is 0. The van der Waals surface area contributed by atoms with Crippen molar-refractivity contribution in [1.82, 2.24) is 19.8 Å². The molecule has 1 aromatic carbocycles. The minimum atomic E-state index is -0.463. The molecule has 2 aromatic heterocycles. The van der Waals surface area contributed by atoms with Crippen molar-refractivity contribution in [3.05, 3.63) is 41.3 Å². The summed E-state index contributed by atoms with van der Waals surface area (Å²) >= 11 is 5.82. The maximum absolute atomic E-state index is 14.0. The number of nitrogens with zero attached hydrogens (tertiary/aromatic N) is 4. The van der Waals surface area contributed by atoms with Crippen LogP contribution in [-0.4, -0.2) is 26.9 Å². The summed E-state index contributed by atoms with van der Waals surface area (Å²) in [5, 5.41) is 12.2. The molecule has 0 spiro atoms. The van der Waals surface area contributed by atoms with Gasteiger partial charge < -0.3 is 4.74 Å². The topological polar surface area (TPSA) is 52.3 Å². The summed E-state index contributed by atoms with van der Waals surface area (Å²) < 4.78 is 20.4. The van der Waals surface area contributed by atoms with Gasteiger partial charge in [0.15, 0.2) is 11.5 Å². The second kappa shape index (κ2) is 4.47. The van der Waals surface area contributed by atoms with E-state index in [0.717, 1.165) is 0 Å². The number of aromatic nitrogens is 4. The second-order valence-corrected chi connectivity index (χ2v) is 4.18. The molecule has 0 atom stereocenters. The molecular formula is C12H8ClFN4O. The zero-order valence-corrected chi connectivity index (χ0v) is 10.6. The molecule has 3 rings (SSSR count). The van der Waals surface area contributed by atoms with Crippen LogP contribution in [0.1, 0.15) is 0 Å². The van der Waals surface area contributed by atoms with E-state index in [-0.39, 0.29) is 16.5 Å². The van der Waals surface area contributed by atoms with Crippen molar-refractivity contribution in [2.75, 3.05) is 7.11 Å². The fourth-order valence-corrected chi connectivity index (χ4v) is 1.88. The van der Waals surface area contributed by atoms with Gasteiger partial charge in [-0.2, -0.15) is 9.61 Å². The minimum absolute atomic E-state index is 0.280. The molecule has 2 heterocycles. The van der Waals surface area contributed by atoms with Gasteiger partial charge in [0.1, 0.15) is 16.7 Å². The summed E-state index contributed by atoms with van der Waals surface area (Å²) in [6, 6.07) is 7.74. The highest BCUT2D eigenvalue weighted by atomic mass is 35.5. The Morgan fingerprint density at radius 1 is 1.21 bits per heavy atom. The van der Waals surface area contributed by atoms with Crippen LogP contribution in [0.2, 0.25) is 5.15 Å². The molecule has 0 aliphatic carbocycles. The van der Waals surface area contributed by atoms with E-state index in [9.17, 15) is 4.39 Å². The predicted molar refractivity (Wildman–Crippen MR) is 67.7 cm³/mol. The molecule has 19 heavy (non-hydrogen) atoms. The second-order valence-electron chi connectivity index (χ2n) is 3.80. The SMILES string of the molecule is COc1ccc(-c2nnc3ccc(Cl)nn23)c(F)c1. The maximum atomic E-state index is 14.0. The zero-order chi connectivity index (χ0) is 13.4. The van der Waals surface area contributed by atoms with Crippen molar-refractivity contribution in [3.63, 3.8) is 0 Å². The van der Waals surface area contributed by atoms with E-state index in [1.165, 1.54) is 17.7 Å². The van der Waals surface area contributed by atoms with Crippen molar-refractivity contribution in [2.24, 2.45) is 0 Å². The van der Waals surface area contributed by atoms with Gasteiger partial charge in [0, 0.05) is 6.07 Å². The molecule has 96 valence electrons. The molecule has 0 bridgehead atoms. The molecule has 0 aliphatic rings. The summed E-state index contributed by atoms with van der Waals surface area (Å²) in [7, 11) is 1.47. The normalized spacial score (nSPS) is 10.9. The molecule has 7 heteroatoms. The average Bonchev–Trinajstić information content (AvgIpc) is 2.81. The smallest absolute Gasteiger partial charge is 0.188 e. The highest BCUT2D eigenvalue weighted by molar-refractivity contribution is 6.29. The van der Waals surface area contributed by atoms with Crippen molar-refractivity contribution in [3.8, 4) is 17.1 Å². The number of benzene rings is 1. The van der Waals surface area contributed by atoms with Crippen LogP contribution in [0.3, 0.4) is 0 Å². The third-order valence-corrected chi connectivity index (χ3v) is 2.85. The Morgan fingerprint density at radius 3 is 2.79 bits per heavy atom. The van der Waals surface area contributed by atoms with Crippen LogP contribution in [0.5, 0.6) is 5.75 Å². The first-order chi connectivity index (χ1) is 9.19. The average molecular weight is 279 g/mol. The lowest BCUT2D eigenvalue weighted by molar-refractivity contribution is 0.411. The van der Waals surface area contributed by atoms with Crippen LogP contribution < -0.4 is 4.74 Å². The number of halogens is 2. The molecule has 0 amide bonds. The Morgan fingerprint density at radius 2 is 2.05 bits per heavy atom. The van der Waals surface area contributed by atoms with E-state index in [1.54, 1.807) is 24.3 Å². The fourth-order valence-electron chi connectivity index (χ4n) is 1.74. The number of methoxy groups -OCH3 is 1. The van der Waals surface area contributed by atoms with Crippen LogP contribution >= 0.6 is 11.6 Å². The van der Waals surface area contributed by atoms with E-state index < -0.39 is 5.82 Å². The highest BCUT2D eigenvalue weighted by Crippen LogP contribution is 2.25. The molecule has 0 unspecified atom stereocenters. The quantitative estimate of drug-likeness (QED) is 0.723. The molecule has 0 aliphatic heterocycles. The lowest BCUT2D eigenvalue weighted by Gasteiger charge is -2.04. The van der Waals surface area contributed by atoms with Gasteiger partial charge in [0.25, 0.3) is 0 Å². The van der Waals surface area contributed by atoms with Gasteiger partial charge in [-0.05, 0) is 24.3 Å². The molecule has 0 N–H and O–H groups in total. The number of hydrogen-bond donors (Lipinski definition) is 0. The first-order valence-electron chi connectivity index (χ1n) is 5.41. The van der Waals surface area contributed by atoms with Crippen LogP contribution in [0.25, 0.3) is 17.0 Å². The Kier molecular flexibility index (Phi) is 2.79. The summed E-state index contributed by atoms with van der Waals surface area (Å²) in [5.74, 6) is 0.258. The predicted octanol–water partition coefficient (Wildman–Crippen LogP) is 2.59. The van der Waals surface area contributed by atoms with Crippen molar-refractivity contribution in [2.45, 2.75) is 0 Å². The Bertz CT molecular complexity index is 759. The first kappa shape index (κ1) is 11.9. The number of hydrogen-bond acceptors (Lipinski definition) is 4. The van der Waals surface area contributed by atoms with E-state index in [2.05, 4.69) is 15.3 Å². The largest absolute Gasteiger partial charge is 0.497 e. The molecule has 0 radical (unpaired) electrons. The first-order valence-corrected chi connectivity index (χ1v) is 5.79. The van der Waals surface area contributed by atoms with Crippen molar-refractivity contribution in [1.29, 1.82) is 0 Å². The number of ether oxygens (including phenoxy) is 1. The third kappa shape index (κ3) is 2.00. The van der Waals surface area contributed by atoms with Crippen LogP contribution in [0, 0.1) is 5.82 Å². The van der Waals surface area contributed by atoms with Crippen molar-refractivity contribution >= 4 is 17.2 Å². The van der Waals surface area contributed by atoms with Crippen molar-refractivity contribution < 1.29 is 9.13 Å². The maximum Gasteiger partial charge on any atom is 0.188 e. The third-order valence-electron chi connectivity index (χ3n) is 2.65. The van der Waals surface area contributed by atoms with Gasteiger partial charge >= 0.3 is 0 Å². The Hall–Kier alpha value is -2.21. The fraction of sp³-hybridized carbons (Fsp3) is 0.0833. The van der Waals surface area contributed by atoms with Gasteiger partial charge in [0.2, 0.25) is 0 Å². The van der Waals surface area contributed by atoms with Crippen LogP contribution in [0.4, 0.5) is 4.39 Å². The molecule has 3 aromatic rings. The monoisotopic (exact) mass is 278 g/mol. The molecule has 0 saturated carbocycles. The van der Waals surface area contributed by atoms with E-state index in [4.69, 9.17) is 16.3 Å². The highest BCUT2D eigenvalue weighted by Gasteiger charge is 2.14. The summed E-state index contributed by atoms with van der Waals surface area (Å²) in [4.78, 5) is 0. The summed E-state index contributed by atoms with van der Waals surface area (Å²) in [6.45, 7) is 0. The van der Waals surface area contributed by atoms with Gasteiger partial charge in [-0.25, -0.2) is 4.39 Å². The Labute approximate surface area is 112 Å². The lowest BCUT2D eigenvalue weighted by Crippen LogP contribution is -1.97. The molecule has 0 fully saturated rings.